The van der Waals surface area contributed by atoms with Crippen LogP contribution >= 0.6 is 24.0 Å². The number of benzene rings is 3. The Labute approximate surface area is 248 Å². The smallest absolute Gasteiger partial charge is 0.269 e. The van der Waals surface area contributed by atoms with E-state index in [1.165, 1.54) is 17.7 Å². The summed E-state index contributed by atoms with van der Waals surface area (Å²) in [5.41, 5.74) is 6.59. The van der Waals surface area contributed by atoms with Crippen molar-refractivity contribution in [1.29, 1.82) is 0 Å². The van der Waals surface area contributed by atoms with E-state index in [0.717, 1.165) is 38.2 Å². The number of non-ortho nitro benzene ring substituents is 1. The zero-order valence-corrected chi connectivity index (χ0v) is 24.1. The van der Waals surface area contributed by atoms with Crippen LogP contribution in [0.15, 0.2) is 119 Å². The number of pyridine rings is 1. The first kappa shape index (κ1) is 26.7. The molecule has 1 aliphatic rings. The molecule has 1 aliphatic heterocycles. The molecule has 0 spiro atoms. The van der Waals surface area contributed by atoms with Crippen molar-refractivity contribution in [2.24, 2.45) is 0 Å². The summed E-state index contributed by atoms with van der Waals surface area (Å²) >= 11 is 7.50. The van der Waals surface area contributed by atoms with Gasteiger partial charge in [0.15, 0.2) is 5.11 Å². The molecule has 2 aromatic heterocycles. The first-order chi connectivity index (χ1) is 19.9. The number of nitrogens with one attached hydrogen (secondary N) is 1. The summed E-state index contributed by atoms with van der Waals surface area (Å²) in [5, 5.41) is 15.2. The van der Waals surface area contributed by atoms with E-state index in [1.807, 2.05) is 30.5 Å². The molecule has 9 heteroatoms. The van der Waals surface area contributed by atoms with E-state index in [0.29, 0.717) is 5.11 Å². The summed E-state index contributed by atoms with van der Waals surface area (Å²) in [5.74, 6) is 0. The van der Waals surface area contributed by atoms with Gasteiger partial charge >= 0.3 is 0 Å². The molecule has 0 radical (unpaired) electrons. The molecule has 3 aromatic carbocycles. The minimum absolute atomic E-state index is 0.0832. The van der Waals surface area contributed by atoms with E-state index in [2.05, 4.69) is 83.2 Å². The third-order valence-corrected chi connectivity index (χ3v) is 8.63. The molecule has 1 fully saturated rings. The van der Waals surface area contributed by atoms with Crippen molar-refractivity contribution in [2.45, 2.75) is 35.7 Å². The summed E-state index contributed by atoms with van der Waals surface area (Å²) in [7, 11) is 0. The van der Waals surface area contributed by atoms with Crippen molar-refractivity contribution in [3.8, 4) is 5.69 Å². The summed E-state index contributed by atoms with van der Waals surface area (Å²) in [6.07, 6.45) is 1.82. The molecule has 0 saturated carbocycles. The van der Waals surface area contributed by atoms with Gasteiger partial charge in [-0.1, -0.05) is 36.0 Å². The van der Waals surface area contributed by atoms with Crippen molar-refractivity contribution < 1.29 is 4.92 Å². The van der Waals surface area contributed by atoms with Crippen molar-refractivity contribution in [2.75, 3.05) is 4.90 Å². The maximum absolute atomic E-state index is 11.0. The standard InChI is InChI=1S/C32H27N5O2S2/c1-21-20-28(22(2)35(21)23-8-4-3-5-9-23)31-30(29-10-6-7-19-33-29)34-32(40)36(31)24-11-15-26(16-12-24)41-27-17-13-25(14-18-27)37(38)39/h3-20,30-31H,1-2H3,(H,34,40)/t30-,31-/m0/s1. The lowest BCUT2D eigenvalue weighted by molar-refractivity contribution is -0.384. The van der Waals surface area contributed by atoms with Crippen LogP contribution in [0.25, 0.3) is 5.69 Å². The number of nitrogens with zero attached hydrogens (tertiary/aromatic N) is 4. The summed E-state index contributed by atoms with van der Waals surface area (Å²) in [6, 6.07) is 33.2. The second kappa shape index (κ2) is 11.2. The number of nitro groups is 1. The third-order valence-electron chi connectivity index (χ3n) is 7.30. The van der Waals surface area contributed by atoms with Crippen molar-refractivity contribution in [3.05, 3.63) is 142 Å². The SMILES string of the molecule is Cc1cc([C@H]2[C@H](c3ccccn3)NC(=S)N2c2ccc(Sc3ccc([N+](=O)[O-])cc3)cc2)c(C)n1-c1ccccc1. The molecular formula is C32H27N5O2S2. The number of anilines is 1. The monoisotopic (exact) mass is 577 g/mol. The molecular weight excluding hydrogens is 551 g/mol. The molecule has 41 heavy (non-hydrogen) atoms. The molecule has 3 heterocycles. The molecule has 6 rings (SSSR count). The molecule has 1 N–H and O–H groups in total. The third kappa shape index (κ3) is 5.21. The van der Waals surface area contributed by atoms with Gasteiger partial charge in [0.25, 0.3) is 5.69 Å². The molecule has 204 valence electrons. The van der Waals surface area contributed by atoms with E-state index in [-0.39, 0.29) is 22.7 Å². The lowest BCUT2D eigenvalue weighted by atomic mass is 9.96. The number of hydrogen-bond donors (Lipinski definition) is 1. The number of hydrogen-bond acceptors (Lipinski definition) is 5. The van der Waals surface area contributed by atoms with Gasteiger partial charge < -0.3 is 14.8 Å². The first-order valence-electron chi connectivity index (χ1n) is 13.2. The quantitative estimate of drug-likeness (QED) is 0.121. The Kier molecular flexibility index (Phi) is 7.30. The predicted octanol–water partition coefficient (Wildman–Crippen LogP) is 7.73. The minimum atomic E-state index is -0.387. The van der Waals surface area contributed by atoms with Gasteiger partial charge in [0.2, 0.25) is 0 Å². The van der Waals surface area contributed by atoms with Gasteiger partial charge in [0, 0.05) is 50.9 Å². The van der Waals surface area contributed by atoms with Crippen LogP contribution in [-0.4, -0.2) is 19.6 Å². The molecule has 0 bridgehead atoms. The highest BCUT2D eigenvalue weighted by molar-refractivity contribution is 7.99. The highest BCUT2D eigenvalue weighted by atomic mass is 32.2. The lowest BCUT2D eigenvalue weighted by Crippen LogP contribution is -2.29. The van der Waals surface area contributed by atoms with Gasteiger partial charge in [0.1, 0.15) is 0 Å². The second-order valence-corrected chi connectivity index (χ2v) is 11.4. The molecule has 1 saturated heterocycles. The van der Waals surface area contributed by atoms with Gasteiger partial charge in [-0.3, -0.25) is 15.1 Å². The Hall–Kier alpha value is -4.47. The number of aryl methyl sites for hydroxylation is 1. The van der Waals surface area contributed by atoms with Crippen LogP contribution in [0.1, 0.15) is 34.7 Å². The van der Waals surface area contributed by atoms with Crippen molar-refractivity contribution in [3.63, 3.8) is 0 Å². The lowest BCUT2D eigenvalue weighted by Gasteiger charge is -2.28. The van der Waals surface area contributed by atoms with Crippen LogP contribution in [0.2, 0.25) is 0 Å². The van der Waals surface area contributed by atoms with Crippen LogP contribution in [0.4, 0.5) is 11.4 Å². The highest BCUT2D eigenvalue weighted by Gasteiger charge is 2.42. The van der Waals surface area contributed by atoms with Crippen LogP contribution < -0.4 is 10.2 Å². The Morgan fingerprint density at radius 3 is 2.17 bits per heavy atom. The molecule has 5 aromatic rings. The van der Waals surface area contributed by atoms with Gasteiger partial charge in [-0.15, -0.1) is 0 Å². The topological polar surface area (TPSA) is 76.2 Å². The average Bonchev–Trinajstić information content (AvgIpc) is 3.49. The van der Waals surface area contributed by atoms with E-state index in [9.17, 15) is 10.1 Å². The Morgan fingerprint density at radius 2 is 1.54 bits per heavy atom. The fourth-order valence-electron chi connectivity index (χ4n) is 5.46. The Morgan fingerprint density at radius 1 is 0.878 bits per heavy atom. The zero-order valence-electron chi connectivity index (χ0n) is 22.5. The number of thiocarbonyl (C=S) groups is 1. The van der Waals surface area contributed by atoms with Gasteiger partial charge in [-0.05, 0) is 98.4 Å². The molecule has 7 nitrogen and oxygen atoms in total. The molecule has 0 unspecified atom stereocenters. The second-order valence-electron chi connectivity index (χ2n) is 9.84. The van der Waals surface area contributed by atoms with Crippen LogP contribution in [0, 0.1) is 24.0 Å². The highest BCUT2D eigenvalue weighted by Crippen LogP contribution is 2.44. The summed E-state index contributed by atoms with van der Waals surface area (Å²) in [6.45, 7) is 4.29. The first-order valence-corrected chi connectivity index (χ1v) is 14.4. The number of aromatic nitrogens is 2. The fourth-order valence-corrected chi connectivity index (χ4v) is 6.62. The van der Waals surface area contributed by atoms with E-state index in [4.69, 9.17) is 17.2 Å². The molecule has 0 amide bonds. The Bertz CT molecular complexity index is 1710. The van der Waals surface area contributed by atoms with Gasteiger partial charge in [0.05, 0.1) is 22.7 Å². The number of para-hydroxylation sites is 1. The van der Waals surface area contributed by atoms with Crippen LogP contribution in [0.3, 0.4) is 0 Å². The van der Waals surface area contributed by atoms with Crippen molar-refractivity contribution >= 4 is 40.5 Å². The predicted molar refractivity (Wildman–Crippen MR) is 167 cm³/mol. The maximum Gasteiger partial charge on any atom is 0.269 e. The normalized spacial score (nSPS) is 16.5. The molecule has 0 aliphatic carbocycles. The van der Waals surface area contributed by atoms with E-state index >= 15 is 0 Å². The zero-order chi connectivity index (χ0) is 28.5. The van der Waals surface area contributed by atoms with E-state index < -0.39 is 0 Å². The van der Waals surface area contributed by atoms with Crippen LogP contribution in [-0.2, 0) is 0 Å². The Balaban J connectivity index is 1.37. The largest absolute Gasteiger partial charge is 0.351 e. The molecule has 2 atom stereocenters. The maximum atomic E-state index is 11.0. The van der Waals surface area contributed by atoms with Crippen LogP contribution in [0.5, 0.6) is 0 Å². The number of rotatable bonds is 7. The van der Waals surface area contributed by atoms with Crippen molar-refractivity contribution in [1.82, 2.24) is 14.9 Å². The van der Waals surface area contributed by atoms with E-state index in [1.54, 1.807) is 23.9 Å². The number of nitro benzene ring substituents is 1. The summed E-state index contributed by atoms with van der Waals surface area (Å²) in [4.78, 5) is 19.4. The minimum Gasteiger partial charge on any atom is -0.351 e. The van der Waals surface area contributed by atoms with Gasteiger partial charge in [-0.2, -0.15) is 0 Å². The van der Waals surface area contributed by atoms with Gasteiger partial charge in [-0.25, -0.2) is 0 Å². The summed E-state index contributed by atoms with van der Waals surface area (Å²) < 4.78 is 2.29. The fraction of sp³-hybridized carbons (Fsp3) is 0.125. The average molecular weight is 578 g/mol.